The van der Waals surface area contributed by atoms with Crippen LogP contribution in [0.5, 0.6) is 0 Å². The number of ketones is 1. The van der Waals surface area contributed by atoms with Crippen LogP contribution in [-0.2, 0) is 4.79 Å². The largest absolute Gasteiger partial charge is 0.506 e. The van der Waals surface area contributed by atoms with Crippen LogP contribution in [0.1, 0.15) is 27.3 Å². The third-order valence-electron chi connectivity index (χ3n) is 8.84. The molecule has 0 saturated heterocycles. The van der Waals surface area contributed by atoms with E-state index >= 15 is 0 Å². The number of carbonyl (C=O) groups excluding carboxylic acids is 1. The Morgan fingerprint density at radius 1 is 0.615 bits per heavy atom. The number of aromatic nitrogens is 3. The van der Waals surface area contributed by atoms with Gasteiger partial charge in [0.1, 0.15) is 38.0 Å². The molecule has 12 heteroatoms. The lowest BCUT2D eigenvalue weighted by molar-refractivity contribution is -0.109. The van der Waals surface area contributed by atoms with E-state index in [9.17, 15) is 9.90 Å². The second-order valence-electron chi connectivity index (χ2n) is 12.7. The summed E-state index contributed by atoms with van der Waals surface area (Å²) in [6.07, 6.45) is 0. The fraction of sp³-hybridized carbons (Fsp3) is 0.100. The molecule has 0 spiro atoms. The quantitative estimate of drug-likeness (QED) is 0.169. The maximum atomic E-state index is 13.6. The SMILES string of the molecule is Cc1ccc(N(c2ccc(C)cc2)c2nc3sc(C4=C(O)/C(=c5\nc6c(s5)=NC(=[N+](c5ccc(C)cc5)c5ccc(C)cc5)S6)C4=O)nc3s2)cc1. The average molecular weight is 754 g/mol. The molecule has 2 aliphatic rings. The van der Waals surface area contributed by atoms with E-state index in [0.29, 0.717) is 29.0 Å². The van der Waals surface area contributed by atoms with Crippen LogP contribution >= 0.6 is 45.8 Å². The van der Waals surface area contributed by atoms with Crippen molar-refractivity contribution in [1.82, 2.24) is 19.5 Å². The molecular formula is C40H29N6O2S4+. The molecule has 4 aromatic carbocycles. The summed E-state index contributed by atoms with van der Waals surface area (Å²) in [6.45, 7) is 8.27. The van der Waals surface area contributed by atoms with Crippen LogP contribution in [0.25, 0.3) is 20.8 Å². The van der Waals surface area contributed by atoms with E-state index in [-0.39, 0.29) is 22.7 Å². The predicted octanol–water partition coefficient (Wildman–Crippen LogP) is 9.23. The average Bonchev–Trinajstić information content (AvgIpc) is 3.89. The Labute approximate surface area is 315 Å². The number of Topliss-reactive ketones (excluding diaryl/α,β-unsaturated/α-hetero) is 1. The number of hydrogen-bond acceptors (Lipinski definition) is 10. The van der Waals surface area contributed by atoms with Gasteiger partial charge in [0.05, 0.1) is 0 Å². The van der Waals surface area contributed by atoms with Crippen molar-refractivity contribution < 1.29 is 9.90 Å². The first-order chi connectivity index (χ1) is 25.2. The molecule has 1 N–H and O–H groups in total. The predicted molar refractivity (Wildman–Crippen MR) is 215 cm³/mol. The normalized spacial score (nSPS) is 14.8. The summed E-state index contributed by atoms with van der Waals surface area (Å²) in [5.41, 5.74) is 9.09. The molecule has 0 radical (unpaired) electrons. The standard InChI is InChI=1S/C40H28N6O2S4/c1-21-5-13-25(14-6-21)45(26-15-7-22(2)8-16-26)39-43-37-35(51-39)41-33(49-37)29-31(47)30(32(29)48)34-42-36-38(50-34)44-40(52-36)46(27-17-9-23(3)10-18-27)28-19-11-24(4)12-20-28/h5-20H,1-4H3/p+1. The summed E-state index contributed by atoms with van der Waals surface area (Å²) in [7, 11) is 0. The molecular weight excluding hydrogens is 725 g/mol. The molecule has 0 saturated carbocycles. The molecule has 52 heavy (non-hydrogen) atoms. The zero-order valence-electron chi connectivity index (χ0n) is 28.4. The minimum Gasteiger partial charge on any atom is -0.506 e. The van der Waals surface area contributed by atoms with Gasteiger partial charge in [-0.2, -0.15) is 4.58 Å². The van der Waals surface area contributed by atoms with Crippen LogP contribution in [-0.4, -0.2) is 31.0 Å². The Hall–Kier alpha value is -5.27. The Morgan fingerprint density at radius 2 is 1.13 bits per heavy atom. The third-order valence-corrected chi connectivity index (χ3v) is 12.9. The number of hydrogen-bond donors (Lipinski definition) is 1. The molecule has 0 atom stereocenters. The monoisotopic (exact) mass is 753 g/mol. The molecule has 4 heterocycles. The highest BCUT2D eigenvalue weighted by Gasteiger charge is 2.40. The van der Waals surface area contributed by atoms with Gasteiger partial charge >= 0.3 is 5.17 Å². The smallest absolute Gasteiger partial charge is 0.373 e. The first-order valence-corrected chi connectivity index (χ1v) is 19.7. The number of allylic oxidation sites excluding steroid dienone is 2. The van der Waals surface area contributed by atoms with Crippen molar-refractivity contribution in [2.24, 2.45) is 4.99 Å². The molecule has 0 amide bonds. The van der Waals surface area contributed by atoms with Gasteiger partial charge in [0.2, 0.25) is 5.78 Å². The van der Waals surface area contributed by atoms with Crippen molar-refractivity contribution in [2.45, 2.75) is 32.7 Å². The van der Waals surface area contributed by atoms with Gasteiger partial charge in [-0.15, -0.1) is 0 Å². The van der Waals surface area contributed by atoms with Gasteiger partial charge < -0.3 is 5.11 Å². The molecule has 9 rings (SSSR count). The van der Waals surface area contributed by atoms with Crippen LogP contribution < -0.4 is 18.8 Å². The molecule has 8 nitrogen and oxygen atoms in total. The number of aliphatic hydroxyl groups is 1. The fourth-order valence-electron chi connectivity index (χ4n) is 5.98. The Balaban J connectivity index is 1.06. The number of aliphatic hydroxyl groups excluding tert-OH is 1. The van der Waals surface area contributed by atoms with Crippen molar-refractivity contribution in [3.63, 3.8) is 0 Å². The lowest BCUT2D eigenvalue weighted by Gasteiger charge is -2.22. The third kappa shape index (κ3) is 5.68. The van der Waals surface area contributed by atoms with Crippen LogP contribution in [0, 0.1) is 27.7 Å². The maximum absolute atomic E-state index is 13.6. The molecule has 0 bridgehead atoms. The highest BCUT2D eigenvalue weighted by molar-refractivity contribution is 8.14. The molecule has 0 unspecified atom stereocenters. The summed E-state index contributed by atoms with van der Waals surface area (Å²) in [6, 6.07) is 33.3. The summed E-state index contributed by atoms with van der Waals surface area (Å²) in [5.74, 6) is -0.363. The molecule has 1 aliphatic heterocycles. The van der Waals surface area contributed by atoms with E-state index in [1.54, 1.807) is 0 Å². The number of anilines is 3. The number of carbonyl (C=O) groups is 1. The second kappa shape index (κ2) is 12.7. The Kier molecular flexibility index (Phi) is 8.00. The van der Waals surface area contributed by atoms with Crippen molar-refractivity contribution in [3.8, 4) is 0 Å². The highest BCUT2D eigenvalue weighted by atomic mass is 32.2. The summed E-state index contributed by atoms with van der Waals surface area (Å²) < 4.78 is 3.27. The van der Waals surface area contributed by atoms with Gasteiger partial charge in [-0.25, -0.2) is 15.0 Å². The lowest BCUT2D eigenvalue weighted by Crippen LogP contribution is -2.26. The number of benzene rings is 4. The number of thiazole rings is 3. The van der Waals surface area contributed by atoms with Crippen LogP contribution in [0.4, 0.5) is 27.9 Å². The van der Waals surface area contributed by atoms with E-state index in [2.05, 4.69) is 134 Å². The number of rotatable bonds is 6. The second-order valence-corrected chi connectivity index (χ2v) is 16.6. The maximum Gasteiger partial charge on any atom is 0.373 e. The van der Waals surface area contributed by atoms with Crippen molar-refractivity contribution >= 4 is 105 Å². The van der Waals surface area contributed by atoms with Gasteiger partial charge in [-0.3, -0.25) is 9.69 Å². The molecule has 7 aromatic rings. The summed E-state index contributed by atoms with van der Waals surface area (Å²) in [4.78, 5) is 36.6. The van der Waals surface area contributed by atoms with E-state index < -0.39 is 0 Å². The summed E-state index contributed by atoms with van der Waals surface area (Å²) in [5, 5.41) is 14.0. The van der Waals surface area contributed by atoms with Gasteiger partial charge in [-0.05, 0) is 81.2 Å². The van der Waals surface area contributed by atoms with Crippen molar-refractivity contribution in [2.75, 3.05) is 4.90 Å². The topological polar surface area (TPSA) is 94.6 Å². The zero-order valence-corrected chi connectivity index (χ0v) is 31.7. The van der Waals surface area contributed by atoms with Gasteiger partial charge in [-0.1, -0.05) is 105 Å². The van der Waals surface area contributed by atoms with Crippen molar-refractivity contribution in [1.29, 1.82) is 0 Å². The number of fused-ring (bicyclic) bond motifs is 2. The van der Waals surface area contributed by atoms with Gasteiger partial charge in [0.15, 0.2) is 19.8 Å². The Bertz CT molecular complexity index is 2630. The van der Waals surface area contributed by atoms with Crippen LogP contribution in [0.15, 0.2) is 113 Å². The van der Waals surface area contributed by atoms with E-state index in [1.165, 1.54) is 68.0 Å². The minimum absolute atomic E-state index is 0.0878. The number of thioether (sulfide) groups is 1. The van der Waals surface area contributed by atoms with Gasteiger partial charge in [0, 0.05) is 23.1 Å². The zero-order chi connectivity index (χ0) is 35.7. The van der Waals surface area contributed by atoms with Crippen LogP contribution in [0.2, 0.25) is 0 Å². The fourth-order valence-corrected chi connectivity index (χ4v) is 10.2. The first-order valence-electron chi connectivity index (χ1n) is 16.5. The Morgan fingerprint density at radius 3 is 1.63 bits per heavy atom. The molecule has 254 valence electrons. The first kappa shape index (κ1) is 32.6. The molecule has 0 fully saturated rings. The summed E-state index contributed by atoms with van der Waals surface area (Å²) >= 11 is 5.52. The van der Waals surface area contributed by atoms with E-state index in [0.717, 1.165) is 33.0 Å². The van der Waals surface area contributed by atoms with Crippen LogP contribution in [0.3, 0.4) is 0 Å². The number of aryl methyl sites for hydroxylation is 4. The van der Waals surface area contributed by atoms with E-state index in [4.69, 9.17) is 19.9 Å². The number of nitrogens with zero attached hydrogens (tertiary/aromatic N) is 6. The number of amidine groups is 1. The van der Waals surface area contributed by atoms with Gasteiger partial charge in [0.25, 0.3) is 4.67 Å². The molecule has 1 aliphatic carbocycles. The molecule has 3 aromatic heterocycles. The highest BCUT2D eigenvalue weighted by Crippen LogP contribution is 2.44. The van der Waals surface area contributed by atoms with E-state index in [1.807, 2.05) is 0 Å². The lowest BCUT2D eigenvalue weighted by atomic mass is 9.89. The minimum atomic E-state index is -0.275. The van der Waals surface area contributed by atoms with Crippen molar-refractivity contribution in [3.05, 3.63) is 139 Å².